The average Bonchev–Trinajstić information content (AvgIpc) is 2.42. The molecule has 0 saturated heterocycles. The molecule has 0 aromatic carbocycles. The highest BCUT2D eigenvalue weighted by atomic mass is 79.9. The first kappa shape index (κ1) is 10.9. The van der Waals surface area contributed by atoms with Crippen LogP contribution in [0.3, 0.4) is 0 Å². The van der Waals surface area contributed by atoms with Gasteiger partial charge in [0.05, 0.1) is 10.9 Å². The highest BCUT2D eigenvalue weighted by Gasteiger charge is 2.01. The normalized spacial score (nSPS) is 10.7. The van der Waals surface area contributed by atoms with Gasteiger partial charge in [0.2, 0.25) is 0 Å². The molecule has 0 spiro atoms. The van der Waals surface area contributed by atoms with Crippen molar-refractivity contribution in [1.82, 2.24) is 0 Å². The van der Waals surface area contributed by atoms with Crippen molar-refractivity contribution >= 4 is 55.2 Å². The predicted octanol–water partition coefficient (Wildman–Crippen LogP) is 3.46. The maximum atomic E-state index is 10.7. The van der Waals surface area contributed by atoms with E-state index < -0.39 is 0 Å². The number of hydrogen-bond acceptors (Lipinski definition) is 3. The lowest BCUT2D eigenvalue weighted by Gasteiger charge is -1.87. The van der Waals surface area contributed by atoms with Crippen LogP contribution < -0.4 is 0 Å². The number of thiophene rings is 1. The van der Waals surface area contributed by atoms with Gasteiger partial charge in [-0.3, -0.25) is 0 Å². The summed E-state index contributed by atoms with van der Waals surface area (Å²) in [5, 5.41) is 0. The van der Waals surface area contributed by atoms with Crippen LogP contribution in [-0.2, 0) is 9.53 Å². The molecule has 0 unspecified atom stereocenters. The Morgan fingerprint density at radius 2 is 2.31 bits per heavy atom. The standard InChI is InChI=1S/C8H6Br2O2S/c1-12-7(11)3-2-5-4-6(9)8(10)13-5/h2-4H,1H3/b3-2+. The lowest BCUT2D eigenvalue weighted by molar-refractivity contribution is -0.134. The first-order valence-corrected chi connectivity index (χ1v) is 5.74. The molecule has 0 aliphatic carbocycles. The Bertz CT molecular complexity index is 324. The van der Waals surface area contributed by atoms with Gasteiger partial charge in [0, 0.05) is 15.4 Å². The Kier molecular flexibility index (Phi) is 4.15. The highest BCUT2D eigenvalue weighted by molar-refractivity contribution is 9.13. The van der Waals surface area contributed by atoms with Crippen molar-refractivity contribution in [1.29, 1.82) is 0 Å². The van der Waals surface area contributed by atoms with Crippen LogP contribution in [-0.4, -0.2) is 13.1 Å². The van der Waals surface area contributed by atoms with Crippen molar-refractivity contribution in [3.05, 3.63) is 25.3 Å². The van der Waals surface area contributed by atoms with Gasteiger partial charge in [0.1, 0.15) is 0 Å². The summed E-state index contributed by atoms with van der Waals surface area (Å²) in [5.41, 5.74) is 0. The molecule has 0 N–H and O–H groups in total. The van der Waals surface area contributed by atoms with Gasteiger partial charge < -0.3 is 4.74 Å². The molecule has 1 aromatic rings. The summed E-state index contributed by atoms with van der Waals surface area (Å²) in [7, 11) is 1.35. The fraction of sp³-hybridized carbons (Fsp3) is 0.125. The number of methoxy groups -OCH3 is 1. The van der Waals surface area contributed by atoms with Gasteiger partial charge in [0.25, 0.3) is 0 Å². The van der Waals surface area contributed by atoms with Gasteiger partial charge >= 0.3 is 5.97 Å². The quantitative estimate of drug-likeness (QED) is 0.615. The van der Waals surface area contributed by atoms with Crippen molar-refractivity contribution in [3.8, 4) is 0 Å². The summed E-state index contributed by atoms with van der Waals surface area (Å²) in [6.45, 7) is 0. The predicted molar refractivity (Wildman–Crippen MR) is 60.8 cm³/mol. The molecule has 5 heteroatoms. The Balaban J connectivity index is 2.74. The summed E-state index contributed by atoms with van der Waals surface area (Å²) < 4.78 is 6.46. The highest BCUT2D eigenvalue weighted by Crippen LogP contribution is 2.32. The van der Waals surface area contributed by atoms with E-state index in [1.807, 2.05) is 6.07 Å². The maximum absolute atomic E-state index is 10.7. The lowest BCUT2D eigenvalue weighted by Crippen LogP contribution is -1.92. The van der Waals surface area contributed by atoms with Gasteiger partial charge in [-0.2, -0.15) is 0 Å². The van der Waals surface area contributed by atoms with E-state index in [2.05, 4.69) is 36.6 Å². The molecule has 0 bridgehead atoms. The van der Waals surface area contributed by atoms with E-state index in [1.165, 1.54) is 13.2 Å². The fourth-order valence-electron chi connectivity index (χ4n) is 0.664. The van der Waals surface area contributed by atoms with Crippen LogP contribution in [0.2, 0.25) is 0 Å². The Morgan fingerprint density at radius 3 is 2.77 bits per heavy atom. The third kappa shape index (κ3) is 3.25. The molecule has 1 aromatic heterocycles. The summed E-state index contributed by atoms with van der Waals surface area (Å²) in [6, 6.07) is 1.92. The molecule has 0 radical (unpaired) electrons. The van der Waals surface area contributed by atoms with E-state index in [4.69, 9.17) is 0 Å². The number of ether oxygens (including phenoxy) is 1. The lowest BCUT2D eigenvalue weighted by atomic mass is 10.4. The zero-order valence-corrected chi connectivity index (χ0v) is 10.7. The van der Waals surface area contributed by atoms with Crippen LogP contribution in [0.1, 0.15) is 4.88 Å². The second-order valence-electron chi connectivity index (χ2n) is 2.13. The van der Waals surface area contributed by atoms with E-state index >= 15 is 0 Å². The number of carbonyl (C=O) groups excluding carboxylic acids is 1. The van der Waals surface area contributed by atoms with Gasteiger partial charge in [-0.1, -0.05) is 0 Å². The van der Waals surface area contributed by atoms with E-state index in [1.54, 1.807) is 17.4 Å². The molecule has 1 rings (SSSR count). The van der Waals surface area contributed by atoms with Crippen molar-refractivity contribution in [2.24, 2.45) is 0 Å². The summed E-state index contributed by atoms with van der Waals surface area (Å²) in [5.74, 6) is -0.347. The van der Waals surface area contributed by atoms with E-state index in [9.17, 15) is 4.79 Å². The molecule has 0 aliphatic rings. The molecule has 0 amide bonds. The zero-order chi connectivity index (χ0) is 9.84. The van der Waals surface area contributed by atoms with Gasteiger partial charge in [-0.05, 0) is 44.0 Å². The molecule has 0 aliphatic heterocycles. The third-order valence-electron chi connectivity index (χ3n) is 1.25. The SMILES string of the molecule is COC(=O)/C=C/c1cc(Br)c(Br)s1. The minimum atomic E-state index is -0.347. The average molecular weight is 326 g/mol. The van der Waals surface area contributed by atoms with Crippen molar-refractivity contribution in [3.63, 3.8) is 0 Å². The van der Waals surface area contributed by atoms with Crippen LogP contribution >= 0.6 is 43.2 Å². The molecule has 0 saturated carbocycles. The summed E-state index contributed by atoms with van der Waals surface area (Å²) in [4.78, 5) is 11.7. The molecular formula is C8H6Br2O2S. The molecule has 1 heterocycles. The minimum Gasteiger partial charge on any atom is -0.466 e. The zero-order valence-electron chi connectivity index (χ0n) is 6.71. The topological polar surface area (TPSA) is 26.3 Å². The van der Waals surface area contributed by atoms with Crippen LogP contribution in [0.15, 0.2) is 20.4 Å². The van der Waals surface area contributed by atoms with E-state index in [0.29, 0.717) is 0 Å². The Labute approximate surface area is 96.9 Å². The molecule has 0 fully saturated rings. The first-order chi connectivity index (χ1) is 6.13. The van der Waals surface area contributed by atoms with Crippen molar-refractivity contribution in [2.75, 3.05) is 7.11 Å². The Hall–Kier alpha value is -0.130. The number of rotatable bonds is 2. The summed E-state index contributed by atoms with van der Waals surface area (Å²) in [6.07, 6.45) is 3.11. The van der Waals surface area contributed by atoms with Gasteiger partial charge in [-0.25, -0.2) is 4.79 Å². The van der Waals surface area contributed by atoms with Crippen molar-refractivity contribution in [2.45, 2.75) is 0 Å². The largest absolute Gasteiger partial charge is 0.466 e. The Morgan fingerprint density at radius 1 is 1.62 bits per heavy atom. The second kappa shape index (κ2) is 4.93. The third-order valence-corrected chi connectivity index (χ3v) is 4.47. The van der Waals surface area contributed by atoms with Crippen LogP contribution in [0, 0.1) is 0 Å². The fourth-order valence-corrected chi connectivity index (χ4v) is 2.66. The van der Waals surface area contributed by atoms with Crippen LogP contribution in [0.25, 0.3) is 6.08 Å². The number of hydrogen-bond donors (Lipinski definition) is 0. The molecule has 0 atom stereocenters. The molecule has 70 valence electrons. The molecule has 2 nitrogen and oxygen atoms in total. The number of halogens is 2. The second-order valence-corrected chi connectivity index (χ2v) is 5.38. The molecular weight excluding hydrogens is 320 g/mol. The van der Waals surface area contributed by atoms with Gasteiger partial charge in [0.15, 0.2) is 0 Å². The number of esters is 1. The summed E-state index contributed by atoms with van der Waals surface area (Å²) >= 11 is 8.26. The van der Waals surface area contributed by atoms with Crippen LogP contribution in [0.4, 0.5) is 0 Å². The number of carbonyl (C=O) groups is 1. The first-order valence-electron chi connectivity index (χ1n) is 3.34. The van der Waals surface area contributed by atoms with Crippen molar-refractivity contribution < 1.29 is 9.53 Å². The van der Waals surface area contributed by atoms with Gasteiger partial charge in [-0.15, -0.1) is 11.3 Å². The smallest absolute Gasteiger partial charge is 0.330 e. The van der Waals surface area contributed by atoms with E-state index in [-0.39, 0.29) is 5.97 Å². The minimum absolute atomic E-state index is 0.347. The van der Waals surface area contributed by atoms with Crippen LogP contribution in [0.5, 0.6) is 0 Å². The monoisotopic (exact) mass is 324 g/mol. The molecule has 13 heavy (non-hydrogen) atoms. The van der Waals surface area contributed by atoms with E-state index in [0.717, 1.165) is 13.1 Å². The maximum Gasteiger partial charge on any atom is 0.330 e.